The highest BCUT2D eigenvalue weighted by molar-refractivity contribution is 5.96. The molecule has 0 unspecified atom stereocenters. The summed E-state index contributed by atoms with van der Waals surface area (Å²) in [6.45, 7) is 3.98. The summed E-state index contributed by atoms with van der Waals surface area (Å²) in [6.07, 6.45) is 4.37. The van der Waals surface area contributed by atoms with Crippen LogP contribution in [-0.2, 0) is 0 Å². The van der Waals surface area contributed by atoms with E-state index in [1.807, 2.05) is 32.0 Å². The van der Waals surface area contributed by atoms with Crippen LogP contribution in [-0.4, -0.2) is 26.9 Å². The van der Waals surface area contributed by atoms with E-state index in [1.165, 1.54) is 4.68 Å². The molecule has 1 saturated carbocycles. The fourth-order valence-corrected chi connectivity index (χ4v) is 2.90. The molecule has 1 aromatic heterocycles. The number of carbonyl (C=O) groups excluding carboxylic acids is 1. The molecule has 116 valence electrons. The Bertz CT molecular complexity index is 701. The van der Waals surface area contributed by atoms with Crippen molar-refractivity contribution in [3.8, 4) is 5.69 Å². The molecular weight excluding hydrogens is 278 g/mol. The van der Waals surface area contributed by atoms with Crippen LogP contribution in [0.5, 0.6) is 0 Å². The van der Waals surface area contributed by atoms with Gasteiger partial charge in [0.2, 0.25) is 0 Å². The molecule has 22 heavy (non-hydrogen) atoms. The van der Waals surface area contributed by atoms with E-state index in [4.69, 9.17) is 5.73 Å². The van der Waals surface area contributed by atoms with Gasteiger partial charge in [0.05, 0.1) is 5.69 Å². The monoisotopic (exact) mass is 299 g/mol. The number of nitrogens with zero attached hydrogens (tertiary/aromatic N) is 3. The van der Waals surface area contributed by atoms with Gasteiger partial charge < -0.3 is 11.1 Å². The second-order valence-electron chi connectivity index (χ2n) is 5.98. The highest BCUT2D eigenvalue weighted by Gasteiger charge is 2.23. The molecule has 1 aliphatic rings. The first-order valence-corrected chi connectivity index (χ1v) is 7.66. The Hall–Kier alpha value is -2.37. The first-order chi connectivity index (χ1) is 10.6. The van der Waals surface area contributed by atoms with E-state index in [-0.39, 0.29) is 23.5 Å². The van der Waals surface area contributed by atoms with Crippen molar-refractivity contribution in [2.75, 3.05) is 5.73 Å². The lowest BCUT2D eigenvalue weighted by Gasteiger charge is -2.11. The van der Waals surface area contributed by atoms with Crippen LogP contribution in [0.4, 0.5) is 5.82 Å². The zero-order valence-electron chi connectivity index (χ0n) is 13.0. The fraction of sp³-hybridized carbons (Fsp3) is 0.438. The van der Waals surface area contributed by atoms with Gasteiger partial charge in [-0.05, 0) is 43.9 Å². The molecule has 1 aromatic carbocycles. The minimum absolute atomic E-state index is 0.202. The largest absolute Gasteiger partial charge is 0.382 e. The molecule has 3 rings (SSSR count). The van der Waals surface area contributed by atoms with Gasteiger partial charge in [0, 0.05) is 6.04 Å². The van der Waals surface area contributed by atoms with Crippen molar-refractivity contribution in [3.63, 3.8) is 0 Å². The fourth-order valence-electron chi connectivity index (χ4n) is 2.90. The number of hydrogen-bond donors (Lipinski definition) is 2. The average molecular weight is 299 g/mol. The molecule has 1 amide bonds. The molecule has 1 fully saturated rings. The predicted molar refractivity (Wildman–Crippen MR) is 85.0 cm³/mol. The van der Waals surface area contributed by atoms with Gasteiger partial charge in [-0.1, -0.05) is 30.2 Å². The predicted octanol–water partition coefficient (Wildman–Crippen LogP) is 2.14. The van der Waals surface area contributed by atoms with Crippen molar-refractivity contribution in [3.05, 3.63) is 35.0 Å². The van der Waals surface area contributed by atoms with E-state index < -0.39 is 0 Å². The van der Waals surface area contributed by atoms with Gasteiger partial charge in [0.25, 0.3) is 5.91 Å². The maximum Gasteiger partial charge on any atom is 0.275 e. The third-order valence-electron chi connectivity index (χ3n) is 4.20. The number of carbonyl (C=O) groups is 1. The second-order valence-corrected chi connectivity index (χ2v) is 5.98. The molecule has 0 aliphatic heterocycles. The molecule has 1 aliphatic carbocycles. The van der Waals surface area contributed by atoms with E-state index in [2.05, 4.69) is 15.6 Å². The number of aryl methyl sites for hydroxylation is 2. The number of nitrogen functional groups attached to an aromatic ring is 1. The number of rotatable bonds is 3. The molecule has 0 saturated heterocycles. The van der Waals surface area contributed by atoms with Gasteiger partial charge in [-0.15, -0.1) is 5.10 Å². The molecule has 6 heteroatoms. The van der Waals surface area contributed by atoms with Gasteiger partial charge >= 0.3 is 0 Å². The van der Waals surface area contributed by atoms with Crippen LogP contribution >= 0.6 is 0 Å². The van der Waals surface area contributed by atoms with Crippen LogP contribution < -0.4 is 11.1 Å². The lowest BCUT2D eigenvalue weighted by Crippen LogP contribution is -2.33. The SMILES string of the molecule is Cc1ccc(C)c(-n2nnc(C(=O)NC3CCCC3)c2N)c1. The molecule has 6 nitrogen and oxygen atoms in total. The Balaban J connectivity index is 1.88. The quantitative estimate of drug-likeness (QED) is 0.909. The van der Waals surface area contributed by atoms with E-state index in [9.17, 15) is 4.79 Å². The van der Waals surface area contributed by atoms with Crippen molar-refractivity contribution in [2.24, 2.45) is 0 Å². The van der Waals surface area contributed by atoms with Crippen molar-refractivity contribution in [2.45, 2.75) is 45.6 Å². The molecule has 0 atom stereocenters. The van der Waals surface area contributed by atoms with Crippen LogP contribution in [0, 0.1) is 13.8 Å². The van der Waals surface area contributed by atoms with Gasteiger partial charge in [0.1, 0.15) is 0 Å². The molecule has 0 radical (unpaired) electrons. The summed E-state index contributed by atoms with van der Waals surface area (Å²) >= 11 is 0. The normalized spacial score (nSPS) is 15.2. The third kappa shape index (κ3) is 2.68. The van der Waals surface area contributed by atoms with Crippen LogP contribution in [0.1, 0.15) is 47.3 Å². The third-order valence-corrected chi connectivity index (χ3v) is 4.20. The topological polar surface area (TPSA) is 85.8 Å². The van der Waals surface area contributed by atoms with Gasteiger partial charge in [-0.3, -0.25) is 4.79 Å². The van der Waals surface area contributed by atoms with E-state index in [0.29, 0.717) is 0 Å². The minimum Gasteiger partial charge on any atom is -0.382 e. The molecular formula is C16H21N5O. The first kappa shape index (κ1) is 14.6. The highest BCUT2D eigenvalue weighted by Crippen LogP contribution is 2.21. The summed E-state index contributed by atoms with van der Waals surface area (Å²) < 4.78 is 1.53. The maximum absolute atomic E-state index is 12.3. The van der Waals surface area contributed by atoms with Gasteiger partial charge in [0.15, 0.2) is 11.5 Å². The van der Waals surface area contributed by atoms with Crippen molar-refractivity contribution in [1.29, 1.82) is 0 Å². The Kier molecular flexibility index (Phi) is 3.83. The van der Waals surface area contributed by atoms with E-state index in [1.54, 1.807) is 0 Å². The lowest BCUT2D eigenvalue weighted by molar-refractivity contribution is 0.0933. The second kappa shape index (κ2) is 5.79. The number of amides is 1. The summed E-state index contributed by atoms with van der Waals surface area (Å²) in [6, 6.07) is 6.25. The Morgan fingerprint density at radius 1 is 1.32 bits per heavy atom. The lowest BCUT2D eigenvalue weighted by atomic mass is 10.1. The number of anilines is 1. The number of benzene rings is 1. The Labute approximate surface area is 129 Å². The van der Waals surface area contributed by atoms with Crippen LogP contribution in [0.2, 0.25) is 0 Å². The summed E-state index contributed by atoms with van der Waals surface area (Å²) in [4.78, 5) is 12.3. The summed E-state index contributed by atoms with van der Waals surface area (Å²) in [5.41, 5.74) is 9.30. The van der Waals surface area contributed by atoms with Gasteiger partial charge in [-0.25, -0.2) is 0 Å². The van der Waals surface area contributed by atoms with E-state index in [0.717, 1.165) is 42.5 Å². The summed E-state index contributed by atoms with van der Waals surface area (Å²) in [5, 5.41) is 11.0. The number of nitrogens with one attached hydrogen (secondary N) is 1. The minimum atomic E-state index is -0.235. The standard InChI is InChI=1S/C16H21N5O/c1-10-7-8-11(2)13(9-10)21-15(17)14(19-20-21)16(22)18-12-5-3-4-6-12/h7-9,12H,3-6,17H2,1-2H3,(H,18,22). The number of nitrogens with two attached hydrogens (primary N) is 1. The van der Waals surface area contributed by atoms with Gasteiger partial charge in [-0.2, -0.15) is 4.68 Å². The Morgan fingerprint density at radius 3 is 2.77 bits per heavy atom. The smallest absolute Gasteiger partial charge is 0.275 e. The number of hydrogen-bond acceptors (Lipinski definition) is 4. The molecule has 0 spiro atoms. The van der Waals surface area contributed by atoms with E-state index >= 15 is 0 Å². The summed E-state index contributed by atoms with van der Waals surface area (Å²) in [5.74, 6) is 0.0464. The summed E-state index contributed by atoms with van der Waals surface area (Å²) in [7, 11) is 0. The maximum atomic E-state index is 12.3. The number of aromatic nitrogens is 3. The van der Waals surface area contributed by atoms with Crippen LogP contribution in [0.3, 0.4) is 0 Å². The highest BCUT2D eigenvalue weighted by atomic mass is 16.2. The molecule has 0 bridgehead atoms. The Morgan fingerprint density at radius 2 is 2.05 bits per heavy atom. The van der Waals surface area contributed by atoms with Crippen molar-refractivity contribution < 1.29 is 4.79 Å². The van der Waals surface area contributed by atoms with Crippen LogP contribution in [0.25, 0.3) is 5.69 Å². The van der Waals surface area contributed by atoms with Crippen LogP contribution in [0.15, 0.2) is 18.2 Å². The molecule has 2 aromatic rings. The molecule has 3 N–H and O–H groups in total. The zero-order valence-corrected chi connectivity index (χ0v) is 13.0. The van der Waals surface area contributed by atoms with Crippen molar-refractivity contribution >= 4 is 11.7 Å². The molecule has 1 heterocycles. The van der Waals surface area contributed by atoms with Crippen molar-refractivity contribution in [1.82, 2.24) is 20.3 Å². The average Bonchev–Trinajstić information content (AvgIpc) is 3.11. The first-order valence-electron chi connectivity index (χ1n) is 7.66. The zero-order chi connectivity index (χ0) is 15.7.